The number of nitrogens with zero attached hydrogens (tertiary/aromatic N) is 3. The highest BCUT2D eigenvalue weighted by Gasteiger charge is 2.24. The molecule has 2 heterocycles. The Hall–Kier alpha value is -2.44. The summed E-state index contributed by atoms with van der Waals surface area (Å²) in [6, 6.07) is 2.79. The van der Waals surface area contributed by atoms with Gasteiger partial charge in [0, 0.05) is 43.9 Å². The fourth-order valence-electron chi connectivity index (χ4n) is 2.57. The number of pyridine rings is 1. The van der Waals surface area contributed by atoms with E-state index < -0.39 is 5.97 Å². The number of carbonyl (C=O) groups excluding carboxylic acids is 2. The van der Waals surface area contributed by atoms with Gasteiger partial charge in [-0.25, -0.2) is 9.78 Å². The van der Waals surface area contributed by atoms with Crippen molar-refractivity contribution in [3.05, 3.63) is 29.6 Å². The minimum Gasteiger partial charge on any atom is -0.477 e. The lowest BCUT2D eigenvalue weighted by molar-refractivity contribution is -0.134. The van der Waals surface area contributed by atoms with Crippen molar-refractivity contribution in [2.45, 2.75) is 20.3 Å². The van der Waals surface area contributed by atoms with Crippen molar-refractivity contribution in [2.75, 3.05) is 26.2 Å². The number of carboxylic acid groups (broad SMARTS) is 1. The van der Waals surface area contributed by atoms with Crippen LogP contribution in [0, 0.1) is 5.92 Å². The average molecular weight is 319 g/mol. The zero-order valence-corrected chi connectivity index (χ0v) is 13.4. The van der Waals surface area contributed by atoms with E-state index in [2.05, 4.69) is 4.98 Å². The summed E-state index contributed by atoms with van der Waals surface area (Å²) in [7, 11) is 0. The fourth-order valence-corrected chi connectivity index (χ4v) is 2.57. The lowest BCUT2D eigenvalue weighted by Gasteiger charge is -2.23. The molecule has 7 nitrogen and oxygen atoms in total. The number of hydrogen-bond donors (Lipinski definition) is 1. The Balaban J connectivity index is 2.07. The average Bonchev–Trinajstić information content (AvgIpc) is 2.79. The first kappa shape index (κ1) is 16.9. The van der Waals surface area contributed by atoms with Crippen molar-refractivity contribution < 1.29 is 19.5 Å². The molecule has 1 aliphatic rings. The molecule has 0 aromatic carbocycles. The van der Waals surface area contributed by atoms with Crippen LogP contribution >= 0.6 is 0 Å². The fraction of sp³-hybridized carbons (Fsp3) is 0.500. The van der Waals surface area contributed by atoms with Crippen LogP contribution in [0.15, 0.2) is 18.3 Å². The number of amides is 2. The van der Waals surface area contributed by atoms with Crippen molar-refractivity contribution in [3.8, 4) is 0 Å². The van der Waals surface area contributed by atoms with Crippen LogP contribution in [0.2, 0.25) is 0 Å². The van der Waals surface area contributed by atoms with Crippen LogP contribution < -0.4 is 0 Å². The lowest BCUT2D eigenvalue weighted by Crippen LogP contribution is -2.39. The molecule has 0 radical (unpaired) electrons. The van der Waals surface area contributed by atoms with E-state index in [4.69, 9.17) is 5.11 Å². The predicted molar refractivity (Wildman–Crippen MR) is 83.1 cm³/mol. The van der Waals surface area contributed by atoms with E-state index in [9.17, 15) is 14.4 Å². The van der Waals surface area contributed by atoms with E-state index in [0.717, 1.165) is 0 Å². The van der Waals surface area contributed by atoms with E-state index in [1.165, 1.54) is 18.3 Å². The second kappa shape index (κ2) is 7.21. The van der Waals surface area contributed by atoms with Crippen LogP contribution in [0.3, 0.4) is 0 Å². The topological polar surface area (TPSA) is 90.8 Å². The summed E-state index contributed by atoms with van der Waals surface area (Å²) in [5.41, 5.74) is 0.156. The summed E-state index contributed by atoms with van der Waals surface area (Å²) in [6.45, 7) is 5.85. The number of hydrogen-bond acceptors (Lipinski definition) is 4. The van der Waals surface area contributed by atoms with Crippen LogP contribution in [0.5, 0.6) is 0 Å². The molecule has 23 heavy (non-hydrogen) atoms. The van der Waals surface area contributed by atoms with Gasteiger partial charge in [-0.1, -0.05) is 13.8 Å². The first-order chi connectivity index (χ1) is 10.9. The highest BCUT2D eigenvalue weighted by atomic mass is 16.4. The Morgan fingerprint density at radius 2 is 1.78 bits per heavy atom. The van der Waals surface area contributed by atoms with Crippen LogP contribution in [0.1, 0.15) is 41.1 Å². The van der Waals surface area contributed by atoms with Crippen molar-refractivity contribution in [3.63, 3.8) is 0 Å². The smallest absolute Gasteiger partial charge is 0.354 e. The van der Waals surface area contributed by atoms with Gasteiger partial charge in [0.05, 0.1) is 0 Å². The number of rotatable bonds is 3. The Morgan fingerprint density at radius 3 is 2.43 bits per heavy atom. The molecule has 1 fully saturated rings. The number of carbonyl (C=O) groups is 3. The Morgan fingerprint density at radius 1 is 1.13 bits per heavy atom. The van der Waals surface area contributed by atoms with Gasteiger partial charge in [-0.2, -0.15) is 0 Å². The monoisotopic (exact) mass is 319 g/mol. The van der Waals surface area contributed by atoms with E-state index >= 15 is 0 Å². The van der Waals surface area contributed by atoms with Gasteiger partial charge in [0.2, 0.25) is 5.91 Å². The molecule has 7 heteroatoms. The summed E-state index contributed by atoms with van der Waals surface area (Å²) in [5.74, 6) is -1.36. The highest BCUT2D eigenvalue weighted by Crippen LogP contribution is 2.12. The van der Waals surface area contributed by atoms with E-state index in [-0.39, 0.29) is 23.4 Å². The van der Waals surface area contributed by atoms with Gasteiger partial charge in [0.15, 0.2) is 0 Å². The molecular weight excluding hydrogens is 298 g/mol. The normalized spacial score (nSPS) is 15.4. The minimum absolute atomic E-state index is 0.0597. The SMILES string of the molecule is CC(C)C(=O)N1CCCN(C(=O)c2ccnc(C(=O)O)c2)CC1. The minimum atomic E-state index is -1.16. The van der Waals surface area contributed by atoms with Gasteiger partial charge >= 0.3 is 5.97 Å². The summed E-state index contributed by atoms with van der Waals surface area (Å²) in [6.07, 6.45) is 2.03. The lowest BCUT2D eigenvalue weighted by atomic mass is 10.2. The summed E-state index contributed by atoms with van der Waals surface area (Å²) in [4.78, 5) is 42.7. The summed E-state index contributed by atoms with van der Waals surface area (Å²) < 4.78 is 0. The summed E-state index contributed by atoms with van der Waals surface area (Å²) >= 11 is 0. The molecule has 0 aliphatic carbocycles. The number of aromatic carboxylic acids is 1. The first-order valence-corrected chi connectivity index (χ1v) is 7.67. The third-order valence-corrected chi connectivity index (χ3v) is 3.81. The van der Waals surface area contributed by atoms with Crippen molar-refractivity contribution in [2.24, 2.45) is 5.92 Å². The molecule has 2 rings (SSSR count). The van der Waals surface area contributed by atoms with Gasteiger partial charge < -0.3 is 14.9 Å². The van der Waals surface area contributed by atoms with Gasteiger partial charge in [-0.3, -0.25) is 9.59 Å². The summed E-state index contributed by atoms with van der Waals surface area (Å²) in [5, 5.41) is 8.96. The van der Waals surface area contributed by atoms with Gasteiger partial charge in [0.1, 0.15) is 5.69 Å². The molecule has 0 spiro atoms. The van der Waals surface area contributed by atoms with Crippen LogP contribution in [0.25, 0.3) is 0 Å². The van der Waals surface area contributed by atoms with Crippen molar-refractivity contribution in [1.29, 1.82) is 0 Å². The maximum Gasteiger partial charge on any atom is 0.354 e. The second-order valence-corrected chi connectivity index (χ2v) is 5.86. The molecule has 124 valence electrons. The van der Waals surface area contributed by atoms with Gasteiger partial charge in [-0.05, 0) is 18.6 Å². The molecule has 0 saturated carbocycles. The zero-order valence-electron chi connectivity index (χ0n) is 13.4. The number of aromatic nitrogens is 1. The molecule has 0 bridgehead atoms. The number of carboxylic acids is 1. The van der Waals surface area contributed by atoms with Crippen LogP contribution in [0.4, 0.5) is 0 Å². The molecule has 0 atom stereocenters. The van der Waals surface area contributed by atoms with Crippen LogP contribution in [-0.2, 0) is 4.79 Å². The van der Waals surface area contributed by atoms with Crippen molar-refractivity contribution in [1.82, 2.24) is 14.8 Å². The van der Waals surface area contributed by atoms with E-state index in [0.29, 0.717) is 38.2 Å². The Labute approximate surface area is 134 Å². The van der Waals surface area contributed by atoms with Crippen LogP contribution in [-0.4, -0.2) is 63.9 Å². The second-order valence-electron chi connectivity index (χ2n) is 5.86. The standard InChI is InChI=1S/C16H21N3O4/c1-11(2)14(20)18-6-3-7-19(9-8-18)15(21)12-4-5-17-13(10-12)16(22)23/h4-5,10-11H,3,6-9H2,1-2H3,(H,22,23). The molecule has 2 amide bonds. The molecule has 1 aliphatic heterocycles. The first-order valence-electron chi connectivity index (χ1n) is 7.67. The molecule has 1 N–H and O–H groups in total. The van der Waals surface area contributed by atoms with Gasteiger partial charge in [0.25, 0.3) is 5.91 Å². The largest absolute Gasteiger partial charge is 0.477 e. The maximum atomic E-state index is 12.5. The Kier molecular flexibility index (Phi) is 5.31. The molecule has 1 aromatic heterocycles. The maximum absolute atomic E-state index is 12.5. The quantitative estimate of drug-likeness (QED) is 0.901. The third-order valence-electron chi connectivity index (χ3n) is 3.81. The Bertz CT molecular complexity index is 615. The third kappa shape index (κ3) is 4.06. The molecule has 1 aromatic rings. The molecule has 0 unspecified atom stereocenters. The van der Waals surface area contributed by atoms with Gasteiger partial charge in [-0.15, -0.1) is 0 Å². The molecular formula is C16H21N3O4. The predicted octanol–water partition coefficient (Wildman–Crippen LogP) is 1.11. The highest BCUT2D eigenvalue weighted by molar-refractivity contribution is 5.96. The van der Waals surface area contributed by atoms with E-state index in [1.54, 1.807) is 9.80 Å². The van der Waals surface area contributed by atoms with E-state index in [1.807, 2.05) is 13.8 Å². The van der Waals surface area contributed by atoms with Crippen molar-refractivity contribution >= 4 is 17.8 Å². The zero-order chi connectivity index (χ0) is 17.0. The molecule has 1 saturated heterocycles.